The van der Waals surface area contributed by atoms with Gasteiger partial charge in [0.25, 0.3) is 23.6 Å². The Bertz CT molecular complexity index is 2070. The number of nitrogens with zero attached hydrogens (tertiary/aromatic N) is 2. The van der Waals surface area contributed by atoms with E-state index in [-0.39, 0.29) is 35.4 Å². The summed E-state index contributed by atoms with van der Waals surface area (Å²) in [5.74, 6) is 3.71. The Balaban J connectivity index is 0.00000107. The fourth-order valence-electron chi connectivity index (χ4n) is 8.41. The SMILES string of the molecule is NOCCOCCOCCOCCOCCOCCOCCOCCOCCOCCOCCOCCNC(=O)CCCCCN1C(=O)C=CC1=O.O=C[B]NOCCOCCOCCOCCOCCOCCOCCOCCOCCOCCOCCOCCNC(=O)CCCCCN1C(=O)C=CC1=O. The van der Waals surface area contributed by atoms with E-state index in [1.54, 1.807) is 0 Å². The van der Waals surface area contributed by atoms with E-state index in [1.165, 1.54) is 34.1 Å². The van der Waals surface area contributed by atoms with Crippen LogP contribution in [0.2, 0.25) is 0 Å². The summed E-state index contributed by atoms with van der Waals surface area (Å²) < 4.78 is 120. The lowest BCUT2D eigenvalue weighted by molar-refractivity contribution is -0.138. The smallest absolute Gasteiger partial charge is 0.322 e. The average Bonchev–Trinajstić information content (AvgIpc) is 1.76. The van der Waals surface area contributed by atoms with Gasteiger partial charge in [0.15, 0.2) is 0 Å². The number of carbonyl (C=O) groups excluding carboxylic acids is 7. The summed E-state index contributed by atoms with van der Waals surface area (Å²) in [6, 6.07) is 0. The first-order chi connectivity index (χ1) is 52.8. The quantitative estimate of drug-likeness (QED) is 0.0182. The van der Waals surface area contributed by atoms with Gasteiger partial charge in [-0.1, -0.05) is 12.8 Å². The number of nitrogens with one attached hydrogen (secondary N) is 3. The highest BCUT2D eigenvalue weighted by Crippen LogP contribution is 2.09. The predicted octanol–water partition coefficient (Wildman–Crippen LogP) is -1.24. The molecule has 0 aliphatic carbocycles. The highest BCUT2D eigenvalue weighted by molar-refractivity contribution is 6.64. The number of ether oxygens (including phenoxy) is 22. The predicted molar refractivity (Wildman–Crippen MR) is 384 cm³/mol. The normalized spacial score (nSPS) is 12.7. The molecule has 0 bridgehead atoms. The molecule has 0 unspecified atom stereocenters. The Kier molecular flexibility index (Phi) is 78.7. The van der Waals surface area contributed by atoms with Crippen LogP contribution in [-0.4, -0.2) is 389 Å². The van der Waals surface area contributed by atoms with Crippen LogP contribution in [0.25, 0.3) is 0 Å². The standard InChI is InChI=1S/C35H63BN3O16.C34H63N3O15/c40-32-36-38-55-31-30-54-29-28-53-27-26-52-25-24-51-23-22-50-21-20-49-19-18-48-17-16-47-15-14-46-13-12-45-11-10-44-9-7-37-33(41)4-2-1-3-8-39-34(42)5-6-35(39)43;35-52-31-30-51-29-28-50-27-26-49-25-24-48-23-22-47-21-20-46-19-18-45-17-16-44-15-14-43-13-12-42-11-10-41-9-7-36-32(38)4-2-1-3-8-37-33(39)5-6-34(37)40/h5-6,32,38H,1-4,7-31H2,(H,37,41);5-6H,1-4,7-31,35H2,(H,36,38). The molecule has 0 fully saturated rings. The van der Waals surface area contributed by atoms with E-state index in [2.05, 4.69) is 20.9 Å². The summed E-state index contributed by atoms with van der Waals surface area (Å²) in [4.78, 5) is 91.4. The number of hydrogen-bond acceptors (Lipinski definition) is 33. The van der Waals surface area contributed by atoms with Crippen LogP contribution in [0.4, 0.5) is 0 Å². The van der Waals surface area contributed by atoms with Crippen LogP contribution in [0.3, 0.4) is 0 Å². The van der Waals surface area contributed by atoms with Gasteiger partial charge in [0.1, 0.15) is 0 Å². The monoisotopic (exact) mass is 1550 g/mol. The van der Waals surface area contributed by atoms with Crippen molar-refractivity contribution in [3.8, 4) is 0 Å². The van der Waals surface area contributed by atoms with Crippen molar-refractivity contribution in [2.24, 2.45) is 5.90 Å². The van der Waals surface area contributed by atoms with Gasteiger partial charge in [-0.3, -0.25) is 38.6 Å². The highest BCUT2D eigenvalue weighted by Gasteiger charge is 2.23. The van der Waals surface area contributed by atoms with Gasteiger partial charge in [-0.25, -0.2) is 11.3 Å². The Morgan fingerprint density at radius 1 is 0.290 bits per heavy atom. The molecule has 1 radical (unpaired) electrons. The molecule has 2 aliphatic rings. The van der Waals surface area contributed by atoms with Gasteiger partial charge in [0.2, 0.25) is 11.8 Å². The van der Waals surface area contributed by atoms with Crippen molar-refractivity contribution in [2.75, 3.05) is 330 Å². The largest absolute Gasteiger partial charge is 0.377 e. The van der Waals surface area contributed by atoms with Crippen LogP contribution in [0, 0.1) is 0 Å². The van der Waals surface area contributed by atoms with Crippen molar-refractivity contribution in [3.63, 3.8) is 0 Å². The molecular formula is C69H126BN6O31. The summed E-state index contributed by atoms with van der Waals surface area (Å²) in [5, 5.41) is 7.97. The van der Waals surface area contributed by atoms with E-state index in [0.717, 1.165) is 20.3 Å². The summed E-state index contributed by atoms with van der Waals surface area (Å²) in [6.07, 6.45) is 10.8. The Labute approximate surface area is 631 Å². The van der Waals surface area contributed by atoms with E-state index < -0.39 is 0 Å². The summed E-state index contributed by atoms with van der Waals surface area (Å²) in [7, 11) is 1.15. The van der Waals surface area contributed by atoms with Crippen LogP contribution < -0.4 is 21.9 Å². The van der Waals surface area contributed by atoms with E-state index in [1.807, 2.05) is 0 Å². The third kappa shape index (κ3) is 73.9. The zero-order chi connectivity index (χ0) is 77.0. The lowest BCUT2D eigenvalue weighted by Crippen LogP contribution is -2.31. The van der Waals surface area contributed by atoms with Gasteiger partial charge >= 0.3 is 7.41 Å². The Hall–Kier alpha value is -4.61. The van der Waals surface area contributed by atoms with Crippen LogP contribution >= 0.6 is 0 Å². The maximum Gasteiger partial charge on any atom is 0.322 e. The zero-order valence-electron chi connectivity index (χ0n) is 63.1. The van der Waals surface area contributed by atoms with Gasteiger partial charge in [-0.15, -0.1) is 0 Å². The van der Waals surface area contributed by atoms with Gasteiger partial charge in [0, 0.05) is 63.3 Å². The average molecular weight is 1550 g/mol. The number of carbonyl (C=O) groups is 7. The molecule has 2 aliphatic heterocycles. The maximum absolute atomic E-state index is 11.9. The molecule has 0 aromatic rings. The lowest BCUT2D eigenvalue weighted by Gasteiger charge is -2.13. The van der Waals surface area contributed by atoms with Gasteiger partial charge < -0.3 is 129 Å². The molecule has 6 amide bonds. The number of hydrogen-bond donors (Lipinski definition) is 4. The first-order valence-electron chi connectivity index (χ1n) is 37.1. The number of unbranched alkanes of at least 4 members (excludes halogenated alkanes) is 4. The van der Waals surface area contributed by atoms with Crippen molar-refractivity contribution in [1.82, 2.24) is 25.8 Å². The molecule has 2 rings (SSSR count). The van der Waals surface area contributed by atoms with E-state index in [0.29, 0.717) is 375 Å². The van der Waals surface area contributed by atoms with Crippen molar-refractivity contribution < 1.29 is 147 Å². The first-order valence-corrected chi connectivity index (χ1v) is 37.1. The molecule has 0 atom stereocenters. The lowest BCUT2D eigenvalue weighted by atomic mass is 10.0. The molecule has 0 aromatic carbocycles. The number of amides is 6. The molecule has 2 heterocycles. The van der Waals surface area contributed by atoms with Crippen molar-refractivity contribution in [1.29, 1.82) is 0 Å². The molecule has 621 valence electrons. The number of rotatable bonds is 87. The molecule has 107 heavy (non-hydrogen) atoms. The second kappa shape index (κ2) is 83.9. The molecule has 0 spiro atoms. The summed E-state index contributed by atoms with van der Waals surface area (Å²) >= 11 is 0. The van der Waals surface area contributed by atoms with Crippen LogP contribution in [0.5, 0.6) is 0 Å². The van der Waals surface area contributed by atoms with E-state index >= 15 is 0 Å². The number of imide groups is 2. The van der Waals surface area contributed by atoms with E-state index in [9.17, 15) is 33.6 Å². The van der Waals surface area contributed by atoms with Gasteiger partial charge in [-0.05, 0) is 25.7 Å². The second-order valence-corrected chi connectivity index (χ2v) is 22.3. The van der Waals surface area contributed by atoms with E-state index in [4.69, 9.17) is 115 Å². The van der Waals surface area contributed by atoms with Crippen molar-refractivity contribution >= 4 is 49.0 Å². The second-order valence-electron chi connectivity index (χ2n) is 22.3. The van der Waals surface area contributed by atoms with Crippen molar-refractivity contribution in [2.45, 2.75) is 51.4 Å². The third-order valence-corrected chi connectivity index (χ3v) is 13.8. The number of nitrogens with two attached hydrogens (primary N) is 1. The molecule has 0 saturated carbocycles. The topological polar surface area (TPSA) is 410 Å². The minimum atomic E-state index is -0.274. The summed E-state index contributed by atoms with van der Waals surface area (Å²) in [5.41, 5.74) is 0. The van der Waals surface area contributed by atoms with Crippen molar-refractivity contribution in [3.05, 3.63) is 24.3 Å². The fraction of sp³-hybridized carbons (Fsp3) is 0.841. The van der Waals surface area contributed by atoms with Crippen LogP contribution in [0.15, 0.2) is 24.3 Å². The summed E-state index contributed by atoms with van der Waals surface area (Å²) in [6.45, 7) is 22.9. The Morgan fingerprint density at radius 2 is 0.486 bits per heavy atom. The Morgan fingerprint density at radius 3 is 0.692 bits per heavy atom. The zero-order valence-corrected chi connectivity index (χ0v) is 63.1. The maximum atomic E-state index is 11.9. The van der Waals surface area contributed by atoms with Gasteiger partial charge in [-0.2, -0.15) is 0 Å². The first kappa shape index (κ1) is 100. The van der Waals surface area contributed by atoms with Gasteiger partial charge in [0.05, 0.1) is 310 Å². The molecule has 38 heteroatoms. The minimum absolute atomic E-state index is 0.0439. The minimum Gasteiger partial charge on any atom is -0.377 e. The molecule has 5 N–H and O–H groups in total. The third-order valence-electron chi connectivity index (χ3n) is 13.8. The molecule has 37 nitrogen and oxygen atoms in total. The fourth-order valence-corrected chi connectivity index (χ4v) is 8.41. The molecule has 0 saturated heterocycles. The highest BCUT2D eigenvalue weighted by atomic mass is 16.7. The van der Waals surface area contributed by atoms with Crippen LogP contribution in [0.1, 0.15) is 51.4 Å². The molecule has 0 aromatic heterocycles. The van der Waals surface area contributed by atoms with Crippen LogP contribution in [-0.2, 0) is 147 Å². The molecular weight excluding hydrogens is 1420 g/mol.